The molecular weight excluding hydrogens is 316 g/mol. The molecule has 0 saturated carbocycles. The second kappa shape index (κ2) is 18.6. The van der Waals surface area contributed by atoms with Gasteiger partial charge in [0.25, 0.3) is 0 Å². The average Bonchev–Trinajstić information content (AvgIpc) is 2.59. The zero-order valence-corrected chi connectivity index (χ0v) is 17.3. The Bertz CT molecular complexity index is 260. The Morgan fingerprint density at radius 1 is 0.600 bits per heavy atom. The van der Waals surface area contributed by atoms with E-state index in [9.17, 15) is 0 Å². The average molecular weight is 361 g/mol. The molecule has 0 amide bonds. The summed E-state index contributed by atoms with van der Waals surface area (Å²) in [4.78, 5) is 0. The molecule has 0 saturated heterocycles. The van der Waals surface area contributed by atoms with Crippen LogP contribution in [0.3, 0.4) is 0 Å². The fourth-order valence-electron chi connectivity index (χ4n) is 2.75. The maximum atomic E-state index is 8.77. The molecule has 0 rings (SSSR count). The van der Waals surface area contributed by atoms with Crippen LogP contribution in [-0.4, -0.2) is 49.8 Å². The molecule has 0 aliphatic rings. The smallest absolute Gasteiger partial charge is 0.0547 e. The van der Waals surface area contributed by atoms with Crippen LogP contribution in [-0.2, 0) is 14.2 Å². The van der Waals surface area contributed by atoms with E-state index in [1.807, 2.05) is 0 Å². The number of hydrogen-bond acceptors (Lipinski definition) is 4. The summed E-state index contributed by atoms with van der Waals surface area (Å²) >= 11 is 0. The van der Waals surface area contributed by atoms with Crippen LogP contribution < -0.4 is 0 Å². The van der Waals surface area contributed by atoms with Crippen LogP contribution in [0, 0.1) is 0 Å². The highest BCUT2D eigenvalue weighted by Crippen LogP contribution is 2.10. The van der Waals surface area contributed by atoms with Gasteiger partial charge in [-0.3, -0.25) is 0 Å². The summed E-state index contributed by atoms with van der Waals surface area (Å²) in [6, 6.07) is 0. The van der Waals surface area contributed by atoms with Gasteiger partial charge in [0.1, 0.15) is 0 Å². The Labute approximate surface area is 156 Å². The standard InChI is InChI=1S/C21H44O4/c1-5-16-23-19(2)13-7-10-18-25-21(4)14-8-11-17-24-20(3)12-6-9-15-22/h19-22H,5-18H2,1-4H3. The van der Waals surface area contributed by atoms with Gasteiger partial charge in [0.15, 0.2) is 0 Å². The highest BCUT2D eigenvalue weighted by molar-refractivity contribution is 4.55. The third-order valence-corrected chi connectivity index (χ3v) is 4.44. The first-order valence-electron chi connectivity index (χ1n) is 10.6. The van der Waals surface area contributed by atoms with Crippen LogP contribution in [0.15, 0.2) is 0 Å². The van der Waals surface area contributed by atoms with Crippen molar-refractivity contribution >= 4 is 0 Å². The monoisotopic (exact) mass is 360 g/mol. The molecule has 0 aromatic heterocycles. The summed E-state index contributed by atoms with van der Waals surface area (Å²) < 4.78 is 17.4. The van der Waals surface area contributed by atoms with Crippen molar-refractivity contribution in [3.05, 3.63) is 0 Å². The Morgan fingerprint density at radius 3 is 1.40 bits per heavy atom. The van der Waals surface area contributed by atoms with Gasteiger partial charge in [0.05, 0.1) is 18.3 Å². The summed E-state index contributed by atoms with van der Waals surface area (Å²) in [6.45, 7) is 11.5. The van der Waals surface area contributed by atoms with E-state index >= 15 is 0 Å². The van der Waals surface area contributed by atoms with Crippen LogP contribution in [0.4, 0.5) is 0 Å². The SMILES string of the molecule is CCCOC(C)CCCCOC(C)CCCCOC(C)CCCCO. The Kier molecular flexibility index (Phi) is 18.5. The minimum atomic E-state index is 0.288. The van der Waals surface area contributed by atoms with Gasteiger partial charge >= 0.3 is 0 Å². The highest BCUT2D eigenvalue weighted by atomic mass is 16.5. The zero-order chi connectivity index (χ0) is 18.8. The summed E-state index contributed by atoms with van der Waals surface area (Å²) in [6.07, 6.45) is 11.9. The molecule has 3 unspecified atom stereocenters. The van der Waals surface area contributed by atoms with Crippen molar-refractivity contribution < 1.29 is 19.3 Å². The van der Waals surface area contributed by atoms with Crippen LogP contribution in [0.1, 0.15) is 91.9 Å². The number of unbranched alkanes of at least 4 members (excludes halogenated alkanes) is 3. The molecule has 0 aromatic rings. The predicted molar refractivity (Wildman–Crippen MR) is 105 cm³/mol. The molecule has 0 radical (unpaired) electrons. The third kappa shape index (κ3) is 18.4. The van der Waals surface area contributed by atoms with Gasteiger partial charge in [-0.05, 0) is 85.0 Å². The van der Waals surface area contributed by atoms with Gasteiger partial charge in [0.2, 0.25) is 0 Å². The molecule has 0 fully saturated rings. The Morgan fingerprint density at radius 2 is 1.00 bits per heavy atom. The normalized spacial score (nSPS) is 15.2. The lowest BCUT2D eigenvalue weighted by Gasteiger charge is -2.15. The molecule has 0 aliphatic carbocycles. The molecule has 0 spiro atoms. The maximum Gasteiger partial charge on any atom is 0.0547 e. The fraction of sp³-hybridized carbons (Fsp3) is 1.00. The Hall–Kier alpha value is -0.160. The number of rotatable bonds is 19. The molecule has 4 nitrogen and oxygen atoms in total. The van der Waals surface area contributed by atoms with Crippen molar-refractivity contribution in [1.29, 1.82) is 0 Å². The maximum absolute atomic E-state index is 8.77. The van der Waals surface area contributed by atoms with Crippen molar-refractivity contribution in [2.24, 2.45) is 0 Å². The minimum Gasteiger partial charge on any atom is -0.396 e. The number of ether oxygens (including phenoxy) is 3. The number of aliphatic hydroxyl groups excluding tert-OH is 1. The van der Waals surface area contributed by atoms with E-state index in [4.69, 9.17) is 19.3 Å². The van der Waals surface area contributed by atoms with Crippen molar-refractivity contribution in [2.75, 3.05) is 26.4 Å². The lowest BCUT2D eigenvalue weighted by molar-refractivity contribution is 0.0369. The molecular formula is C21H44O4. The number of hydrogen-bond donors (Lipinski definition) is 1. The van der Waals surface area contributed by atoms with Gasteiger partial charge in [-0.25, -0.2) is 0 Å². The molecule has 4 heteroatoms. The minimum absolute atomic E-state index is 0.288. The van der Waals surface area contributed by atoms with Crippen LogP contribution in [0.5, 0.6) is 0 Å². The molecule has 1 N–H and O–H groups in total. The van der Waals surface area contributed by atoms with E-state index in [0.717, 1.165) is 77.6 Å². The molecule has 3 atom stereocenters. The molecule has 25 heavy (non-hydrogen) atoms. The second-order valence-corrected chi connectivity index (χ2v) is 7.26. The number of aliphatic hydroxyl groups is 1. The van der Waals surface area contributed by atoms with Gasteiger partial charge < -0.3 is 19.3 Å². The topological polar surface area (TPSA) is 47.9 Å². The molecule has 152 valence electrons. The van der Waals surface area contributed by atoms with Crippen LogP contribution >= 0.6 is 0 Å². The van der Waals surface area contributed by atoms with E-state index in [-0.39, 0.29) is 6.61 Å². The van der Waals surface area contributed by atoms with E-state index in [2.05, 4.69) is 27.7 Å². The quantitative estimate of drug-likeness (QED) is 0.325. The molecule has 0 aliphatic heterocycles. The van der Waals surface area contributed by atoms with Gasteiger partial charge in [0, 0.05) is 26.4 Å². The van der Waals surface area contributed by atoms with Crippen molar-refractivity contribution in [3.63, 3.8) is 0 Å². The van der Waals surface area contributed by atoms with Crippen molar-refractivity contribution in [3.8, 4) is 0 Å². The van der Waals surface area contributed by atoms with Gasteiger partial charge in [-0.2, -0.15) is 0 Å². The lowest BCUT2D eigenvalue weighted by atomic mass is 10.1. The lowest BCUT2D eigenvalue weighted by Crippen LogP contribution is -2.12. The third-order valence-electron chi connectivity index (χ3n) is 4.44. The predicted octanol–water partition coefficient (Wildman–Crippen LogP) is 5.11. The van der Waals surface area contributed by atoms with E-state index in [1.54, 1.807) is 0 Å². The molecule has 0 bridgehead atoms. The summed E-state index contributed by atoms with van der Waals surface area (Å²) in [5.74, 6) is 0. The van der Waals surface area contributed by atoms with E-state index < -0.39 is 0 Å². The molecule has 0 heterocycles. The molecule has 0 aromatic carbocycles. The largest absolute Gasteiger partial charge is 0.396 e. The zero-order valence-electron chi connectivity index (χ0n) is 17.3. The van der Waals surface area contributed by atoms with Gasteiger partial charge in [-0.15, -0.1) is 0 Å². The second-order valence-electron chi connectivity index (χ2n) is 7.26. The summed E-state index contributed by atoms with van der Waals surface area (Å²) in [5.41, 5.74) is 0. The van der Waals surface area contributed by atoms with Crippen molar-refractivity contribution in [2.45, 2.75) is 110 Å². The Balaban J connectivity index is 3.34. The highest BCUT2D eigenvalue weighted by Gasteiger charge is 2.05. The first kappa shape index (κ1) is 24.8. The summed E-state index contributed by atoms with van der Waals surface area (Å²) in [7, 11) is 0. The fourth-order valence-corrected chi connectivity index (χ4v) is 2.75. The van der Waals surface area contributed by atoms with Crippen LogP contribution in [0.2, 0.25) is 0 Å². The van der Waals surface area contributed by atoms with Gasteiger partial charge in [-0.1, -0.05) is 6.92 Å². The van der Waals surface area contributed by atoms with Crippen molar-refractivity contribution in [1.82, 2.24) is 0 Å². The van der Waals surface area contributed by atoms with E-state index in [1.165, 1.54) is 6.42 Å². The van der Waals surface area contributed by atoms with Crippen LogP contribution in [0.25, 0.3) is 0 Å². The summed E-state index contributed by atoms with van der Waals surface area (Å²) in [5, 5.41) is 8.77. The first-order valence-corrected chi connectivity index (χ1v) is 10.6. The first-order chi connectivity index (χ1) is 12.1. The van der Waals surface area contributed by atoms with E-state index in [0.29, 0.717) is 18.3 Å².